The summed E-state index contributed by atoms with van der Waals surface area (Å²) in [5, 5.41) is 11.5. The molecule has 0 saturated heterocycles. The Morgan fingerprint density at radius 2 is 1.75 bits per heavy atom. The van der Waals surface area contributed by atoms with Crippen LogP contribution in [0.15, 0.2) is 36.4 Å². The minimum atomic E-state index is -1.08. The standard InChI is InChI=1S/C24H24N2O6/c1-14-11-17(32-13-21(27)28)8-10-20(14)25-22(29)15-7-9-18-19(12-15)24(31)26(23(18)30)16-5-3-2-4-6-16/h7-12,16H,2-6,13H2,1H3,(H,25,29)(H,27,28). The first kappa shape index (κ1) is 21.5. The van der Waals surface area contributed by atoms with Gasteiger partial charge in [-0.2, -0.15) is 0 Å². The topological polar surface area (TPSA) is 113 Å². The van der Waals surface area contributed by atoms with Gasteiger partial charge in [0.1, 0.15) is 5.75 Å². The Hall–Kier alpha value is -3.68. The summed E-state index contributed by atoms with van der Waals surface area (Å²) >= 11 is 0. The molecular formula is C24H24N2O6. The molecule has 2 aromatic rings. The van der Waals surface area contributed by atoms with Crippen molar-refractivity contribution in [2.75, 3.05) is 11.9 Å². The highest BCUT2D eigenvalue weighted by molar-refractivity contribution is 6.22. The molecule has 2 aliphatic rings. The molecule has 8 nitrogen and oxygen atoms in total. The van der Waals surface area contributed by atoms with Crippen LogP contribution in [0.2, 0.25) is 0 Å². The summed E-state index contributed by atoms with van der Waals surface area (Å²) in [6.45, 7) is 1.31. The fourth-order valence-electron chi connectivity index (χ4n) is 4.28. The van der Waals surface area contributed by atoms with E-state index >= 15 is 0 Å². The fourth-order valence-corrected chi connectivity index (χ4v) is 4.28. The van der Waals surface area contributed by atoms with Gasteiger partial charge in [-0.05, 0) is 61.7 Å². The number of nitrogens with one attached hydrogen (secondary N) is 1. The highest BCUT2D eigenvalue weighted by Crippen LogP contribution is 2.31. The SMILES string of the molecule is Cc1cc(OCC(=O)O)ccc1NC(=O)c1ccc2c(c1)C(=O)N(C1CCCCC1)C2=O. The number of anilines is 1. The summed E-state index contributed by atoms with van der Waals surface area (Å²) in [5.74, 6) is -1.72. The zero-order valence-corrected chi connectivity index (χ0v) is 17.7. The molecule has 0 spiro atoms. The van der Waals surface area contributed by atoms with Crippen molar-refractivity contribution >= 4 is 29.4 Å². The molecule has 3 amide bonds. The number of imide groups is 1. The number of carboxylic acid groups (broad SMARTS) is 1. The summed E-state index contributed by atoms with van der Waals surface area (Å²) in [6, 6.07) is 9.32. The van der Waals surface area contributed by atoms with Crippen LogP contribution < -0.4 is 10.1 Å². The molecule has 1 saturated carbocycles. The van der Waals surface area contributed by atoms with Gasteiger partial charge in [0.25, 0.3) is 17.7 Å². The molecule has 0 radical (unpaired) electrons. The van der Waals surface area contributed by atoms with Crippen molar-refractivity contribution in [1.29, 1.82) is 0 Å². The van der Waals surface area contributed by atoms with Gasteiger partial charge in [0.15, 0.2) is 6.61 Å². The number of ether oxygens (including phenoxy) is 1. The Morgan fingerprint density at radius 1 is 1.03 bits per heavy atom. The lowest BCUT2D eigenvalue weighted by Crippen LogP contribution is -2.40. The minimum Gasteiger partial charge on any atom is -0.482 e. The van der Waals surface area contributed by atoms with Crippen LogP contribution in [-0.2, 0) is 4.79 Å². The number of aryl methyl sites for hydroxylation is 1. The van der Waals surface area contributed by atoms with Crippen molar-refractivity contribution in [3.05, 3.63) is 58.7 Å². The Morgan fingerprint density at radius 3 is 2.44 bits per heavy atom. The van der Waals surface area contributed by atoms with Crippen LogP contribution >= 0.6 is 0 Å². The molecular weight excluding hydrogens is 412 g/mol. The first-order valence-electron chi connectivity index (χ1n) is 10.6. The smallest absolute Gasteiger partial charge is 0.341 e. The fraction of sp³-hybridized carbons (Fsp3) is 0.333. The third kappa shape index (κ3) is 4.21. The number of hydrogen-bond donors (Lipinski definition) is 2. The van der Waals surface area contributed by atoms with E-state index in [0.29, 0.717) is 22.6 Å². The predicted octanol–water partition coefficient (Wildman–Crippen LogP) is 3.64. The third-order valence-electron chi connectivity index (χ3n) is 5.93. The summed E-state index contributed by atoms with van der Waals surface area (Å²) in [6.07, 6.45) is 4.78. The molecule has 0 atom stereocenters. The molecule has 0 bridgehead atoms. The van der Waals surface area contributed by atoms with E-state index < -0.39 is 18.5 Å². The lowest BCUT2D eigenvalue weighted by Gasteiger charge is -2.29. The number of nitrogens with zero attached hydrogens (tertiary/aromatic N) is 1. The maximum atomic E-state index is 13.0. The maximum Gasteiger partial charge on any atom is 0.341 e. The van der Waals surface area contributed by atoms with Crippen LogP contribution in [0.25, 0.3) is 0 Å². The Labute approximate surface area is 185 Å². The summed E-state index contributed by atoms with van der Waals surface area (Å²) in [7, 11) is 0. The van der Waals surface area contributed by atoms with Crippen molar-refractivity contribution < 1.29 is 29.0 Å². The van der Waals surface area contributed by atoms with Gasteiger partial charge in [0, 0.05) is 17.3 Å². The van der Waals surface area contributed by atoms with Crippen LogP contribution in [0.4, 0.5) is 5.69 Å². The molecule has 8 heteroatoms. The van der Waals surface area contributed by atoms with E-state index in [2.05, 4.69) is 5.32 Å². The van der Waals surface area contributed by atoms with Crippen LogP contribution in [0.3, 0.4) is 0 Å². The van der Waals surface area contributed by atoms with Crippen molar-refractivity contribution in [3.8, 4) is 5.75 Å². The van der Waals surface area contributed by atoms with Gasteiger partial charge in [0.2, 0.25) is 0 Å². The number of carbonyl (C=O) groups is 4. The van der Waals surface area contributed by atoms with Gasteiger partial charge in [-0.25, -0.2) is 4.79 Å². The molecule has 1 heterocycles. The summed E-state index contributed by atoms with van der Waals surface area (Å²) < 4.78 is 5.14. The first-order chi connectivity index (χ1) is 15.3. The minimum absolute atomic E-state index is 0.0714. The average molecular weight is 436 g/mol. The lowest BCUT2D eigenvalue weighted by atomic mass is 9.94. The van der Waals surface area contributed by atoms with Gasteiger partial charge in [0.05, 0.1) is 11.1 Å². The maximum absolute atomic E-state index is 13.0. The monoisotopic (exact) mass is 436 g/mol. The Kier molecular flexibility index (Phi) is 5.94. The molecule has 1 aliphatic heterocycles. The summed E-state index contributed by atoms with van der Waals surface area (Å²) in [5.41, 5.74) is 2.11. The van der Waals surface area contributed by atoms with Crippen molar-refractivity contribution in [2.45, 2.75) is 45.1 Å². The molecule has 4 rings (SSSR count). The van der Waals surface area contributed by atoms with Gasteiger partial charge in [-0.15, -0.1) is 0 Å². The molecule has 2 aromatic carbocycles. The zero-order chi connectivity index (χ0) is 22.8. The van der Waals surface area contributed by atoms with E-state index in [4.69, 9.17) is 9.84 Å². The van der Waals surface area contributed by atoms with Crippen molar-refractivity contribution in [1.82, 2.24) is 4.90 Å². The van der Waals surface area contributed by atoms with E-state index in [9.17, 15) is 19.2 Å². The third-order valence-corrected chi connectivity index (χ3v) is 5.93. The van der Waals surface area contributed by atoms with Gasteiger partial charge >= 0.3 is 5.97 Å². The number of carbonyl (C=O) groups excluding carboxylic acids is 3. The number of benzene rings is 2. The van der Waals surface area contributed by atoms with Gasteiger partial charge in [-0.1, -0.05) is 19.3 Å². The largest absolute Gasteiger partial charge is 0.482 e. The molecule has 166 valence electrons. The van der Waals surface area contributed by atoms with Crippen LogP contribution in [-0.4, -0.2) is 46.3 Å². The van der Waals surface area contributed by atoms with E-state index in [1.54, 1.807) is 37.3 Å². The van der Waals surface area contributed by atoms with E-state index in [-0.39, 0.29) is 29.0 Å². The number of rotatable bonds is 6. The number of carboxylic acids is 1. The van der Waals surface area contributed by atoms with E-state index in [0.717, 1.165) is 32.1 Å². The molecule has 2 N–H and O–H groups in total. The summed E-state index contributed by atoms with van der Waals surface area (Å²) in [4.78, 5) is 50.6. The quantitative estimate of drug-likeness (QED) is 0.669. The molecule has 0 unspecified atom stereocenters. The van der Waals surface area contributed by atoms with Crippen molar-refractivity contribution in [2.24, 2.45) is 0 Å². The first-order valence-corrected chi connectivity index (χ1v) is 10.6. The molecule has 1 aliphatic carbocycles. The highest BCUT2D eigenvalue weighted by atomic mass is 16.5. The molecule has 32 heavy (non-hydrogen) atoms. The Balaban J connectivity index is 1.50. The molecule has 0 aromatic heterocycles. The molecule has 1 fully saturated rings. The van der Waals surface area contributed by atoms with E-state index in [1.165, 1.54) is 11.0 Å². The van der Waals surface area contributed by atoms with Crippen LogP contribution in [0, 0.1) is 6.92 Å². The average Bonchev–Trinajstić information content (AvgIpc) is 3.04. The van der Waals surface area contributed by atoms with Crippen LogP contribution in [0.1, 0.15) is 68.7 Å². The second-order valence-electron chi connectivity index (χ2n) is 8.15. The predicted molar refractivity (Wildman–Crippen MR) is 116 cm³/mol. The number of amides is 3. The zero-order valence-electron chi connectivity index (χ0n) is 17.7. The van der Waals surface area contributed by atoms with Crippen molar-refractivity contribution in [3.63, 3.8) is 0 Å². The van der Waals surface area contributed by atoms with Gasteiger partial charge in [-0.3, -0.25) is 19.3 Å². The number of fused-ring (bicyclic) bond motifs is 1. The lowest BCUT2D eigenvalue weighted by molar-refractivity contribution is -0.139. The highest BCUT2D eigenvalue weighted by Gasteiger charge is 2.40. The van der Waals surface area contributed by atoms with Gasteiger partial charge < -0.3 is 15.2 Å². The second-order valence-corrected chi connectivity index (χ2v) is 8.15. The Bertz CT molecular complexity index is 1100. The van der Waals surface area contributed by atoms with Crippen LogP contribution in [0.5, 0.6) is 5.75 Å². The van der Waals surface area contributed by atoms with E-state index in [1.807, 2.05) is 0 Å². The number of hydrogen-bond acceptors (Lipinski definition) is 5. The normalized spacial score (nSPS) is 16.1. The second kappa shape index (κ2) is 8.82. The number of aliphatic carboxylic acids is 1.